The van der Waals surface area contributed by atoms with E-state index in [0.29, 0.717) is 23.9 Å². The van der Waals surface area contributed by atoms with Gasteiger partial charge in [-0.3, -0.25) is 15.1 Å². The normalized spacial score (nSPS) is 20.0. The molecule has 12 heteroatoms. The van der Waals surface area contributed by atoms with Crippen LogP contribution in [0.5, 0.6) is 0 Å². The molecular formula is C19H20ClF3N6O2. The van der Waals surface area contributed by atoms with Gasteiger partial charge in [-0.05, 0) is 18.6 Å². The summed E-state index contributed by atoms with van der Waals surface area (Å²) in [5.74, 6) is -0.170. The highest BCUT2D eigenvalue weighted by Gasteiger charge is 2.38. The van der Waals surface area contributed by atoms with Gasteiger partial charge in [-0.1, -0.05) is 23.7 Å². The molecule has 166 valence electrons. The fourth-order valence-electron chi connectivity index (χ4n) is 3.30. The van der Waals surface area contributed by atoms with Crippen molar-refractivity contribution >= 4 is 29.2 Å². The number of nitriles is 1. The van der Waals surface area contributed by atoms with Gasteiger partial charge in [0.05, 0.1) is 24.9 Å². The van der Waals surface area contributed by atoms with Crippen LogP contribution in [0.1, 0.15) is 18.4 Å². The van der Waals surface area contributed by atoms with Gasteiger partial charge in [0.2, 0.25) is 11.9 Å². The summed E-state index contributed by atoms with van der Waals surface area (Å²) in [6.07, 6.45) is -3.72. The molecule has 3 rings (SSSR count). The van der Waals surface area contributed by atoms with Gasteiger partial charge in [0.25, 0.3) is 0 Å². The summed E-state index contributed by atoms with van der Waals surface area (Å²) in [5.41, 5.74) is 1.29. The third-order valence-electron chi connectivity index (χ3n) is 4.72. The van der Waals surface area contributed by atoms with Crippen LogP contribution in [0, 0.1) is 11.5 Å². The number of nitrogens with zero attached hydrogens (tertiary/aromatic N) is 5. The number of alkyl halides is 3. The number of carbonyl (C=O) groups is 1. The maximum absolute atomic E-state index is 12.4. The van der Waals surface area contributed by atoms with Gasteiger partial charge < -0.3 is 9.64 Å². The number of hydrazone groups is 1. The molecule has 0 spiro atoms. The molecule has 2 heterocycles. The number of halogens is 4. The first-order valence-corrected chi connectivity index (χ1v) is 9.92. The Bertz CT molecular complexity index is 897. The first kappa shape index (κ1) is 22.8. The van der Waals surface area contributed by atoms with E-state index in [1.165, 1.54) is 5.01 Å². The van der Waals surface area contributed by atoms with E-state index in [1.807, 2.05) is 0 Å². The van der Waals surface area contributed by atoms with Crippen LogP contribution in [-0.2, 0) is 9.53 Å². The van der Waals surface area contributed by atoms with Gasteiger partial charge in [-0.25, -0.2) is 5.01 Å². The van der Waals surface area contributed by atoms with Crippen molar-refractivity contribution in [1.29, 1.82) is 5.26 Å². The van der Waals surface area contributed by atoms with Crippen molar-refractivity contribution in [1.82, 2.24) is 15.2 Å². The Kier molecular flexibility index (Phi) is 7.35. The number of rotatable bonds is 5. The highest BCUT2D eigenvalue weighted by atomic mass is 35.5. The zero-order chi connectivity index (χ0) is 22.4. The standard InChI is InChI=1S/C19H20ClF3N6O2/c20-14-4-2-13(3-5-14)17-15(28-8-9-31-11-16(28)30)10-29(27-17)18(26-12-24)25-7-1-6-19(21,22)23/h2-5,15H,1,6-11H2,(H,25,26). The number of amides is 1. The van der Waals surface area contributed by atoms with Gasteiger partial charge in [-0.2, -0.15) is 23.5 Å². The molecule has 31 heavy (non-hydrogen) atoms. The summed E-state index contributed by atoms with van der Waals surface area (Å²) < 4.78 is 42.4. The average molecular weight is 457 g/mol. The lowest BCUT2D eigenvalue weighted by atomic mass is 10.0. The van der Waals surface area contributed by atoms with E-state index < -0.39 is 18.6 Å². The predicted molar refractivity (Wildman–Crippen MR) is 107 cm³/mol. The number of hydrogen-bond acceptors (Lipinski definition) is 5. The summed E-state index contributed by atoms with van der Waals surface area (Å²) in [6, 6.07) is 6.47. The van der Waals surface area contributed by atoms with Crippen LogP contribution < -0.4 is 5.32 Å². The molecule has 8 nitrogen and oxygen atoms in total. The molecule has 1 unspecified atom stereocenters. The number of nitrogens with one attached hydrogen (secondary N) is 1. The number of carbonyl (C=O) groups excluding carboxylic acids is 1. The van der Waals surface area contributed by atoms with Crippen molar-refractivity contribution < 1.29 is 22.7 Å². The van der Waals surface area contributed by atoms with E-state index in [9.17, 15) is 18.0 Å². The van der Waals surface area contributed by atoms with Crippen molar-refractivity contribution in [3.05, 3.63) is 34.9 Å². The molecule has 1 atom stereocenters. The fourth-order valence-corrected chi connectivity index (χ4v) is 3.42. The molecule has 0 aliphatic carbocycles. The van der Waals surface area contributed by atoms with E-state index in [4.69, 9.17) is 21.6 Å². The molecule has 1 N–H and O–H groups in total. The van der Waals surface area contributed by atoms with Gasteiger partial charge >= 0.3 is 6.18 Å². The van der Waals surface area contributed by atoms with Crippen LogP contribution >= 0.6 is 11.6 Å². The molecule has 0 radical (unpaired) electrons. The second-order valence-corrected chi connectivity index (χ2v) is 7.33. The van der Waals surface area contributed by atoms with Crippen LogP contribution in [0.2, 0.25) is 5.02 Å². The van der Waals surface area contributed by atoms with Crippen LogP contribution in [0.3, 0.4) is 0 Å². The Morgan fingerprint density at radius 3 is 2.77 bits per heavy atom. The monoisotopic (exact) mass is 456 g/mol. The number of aliphatic imine (C=N–C) groups is 1. The van der Waals surface area contributed by atoms with E-state index in [0.717, 1.165) is 5.56 Å². The molecule has 2 aliphatic rings. The molecule has 1 aromatic rings. The molecule has 0 aromatic heterocycles. The summed E-state index contributed by atoms with van der Waals surface area (Å²) in [4.78, 5) is 18.2. The number of hydrogen-bond donors (Lipinski definition) is 1. The Morgan fingerprint density at radius 2 is 2.13 bits per heavy atom. The molecule has 0 saturated carbocycles. The van der Waals surface area contributed by atoms with E-state index in [-0.39, 0.29) is 38.0 Å². The Labute approximate surface area is 181 Å². The molecule has 0 bridgehead atoms. The lowest BCUT2D eigenvalue weighted by Crippen LogP contribution is -2.52. The van der Waals surface area contributed by atoms with E-state index >= 15 is 0 Å². The highest BCUT2D eigenvalue weighted by Crippen LogP contribution is 2.23. The van der Waals surface area contributed by atoms with E-state index in [2.05, 4.69) is 15.4 Å². The number of guanidine groups is 1. The summed E-state index contributed by atoms with van der Waals surface area (Å²) >= 11 is 5.97. The topological polar surface area (TPSA) is 93.3 Å². The third kappa shape index (κ3) is 6.08. The van der Waals surface area contributed by atoms with Gasteiger partial charge in [-0.15, -0.1) is 0 Å². The zero-order valence-corrected chi connectivity index (χ0v) is 17.2. The number of ether oxygens (including phenoxy) is 1. The second kappa shape index (κ2) is 9.98. The maximum Gasteiger partial charge on any atom is 0.389 e. The van der Waals surface area contributed by atoms with Gasteiger partial charge in [0, 0.05) is 30.1 Å². The van der Waals surface area contributed by atoms with Gasteiger partial charge in [0.15, 0.2) is 6.19 Å². The summed E-state index contributed by atoms with van der Waals surface area (Å²) in [5, 5.41) is 17.9. The number of benzene rings is 1. The van der Waals surface area contributed by atoms with Crippen molar-refractivity contribution in [2.75, 3.05) is 32.8 Å². The Balaban J connectivity index is 1.85. The molecular weight excluding hydrogens is 437 g/mol. The van der Waals surface area contributed by atoms with Crippen molar-refractivity contribution in [3.63, 3.8) is 0 Å². The molecule has 2 aliphatic heterocycles. The first-order valence-electron chi connectivity index (χ1n) is 9.54. The van der Waals surface area contributed by atoms with Crippen LogP contribution in [0.15, 0.2) is 34.4 Å². The minimum absolute atomic E-state index is 0.0272. The Hall–Kier alpha value is -2.84. The quantitative estimate of drug-likeness (QED) is 0.241. The first-order chi connectivity index (χ1) is 14.8. The summed E-state index contributed by atoms with van der Waals surface area (Å²) in [6.45, 7) is 0.765. The maximum atomic E-state index is 12.4. The van der Waals surface area contributed by atoms with Crippen molar-refractivity contribution in [3.8, 4) is 6.19 Å². The molecule has 1 amide bonds. The molecule has 1 aromatic carbocycles. The van der Waals surface area contributed by atoms with Crippen LogP contribution in [-0.4, -0.2) is 72.6 Å². The fraction of sp³-hybridized carbons (Fsp3) is 0.474. The lowest BCUT2D eigenvalue weighted by molar-refractivity contribution is -0.143. The van der Waals surface area contributed by atoms with Crippen LogP contribution in [0.4, 0.5) is 13.2 Å². The van der Waals surface area contributed by atoms with Gasteiger partial charge in [0.1, 0.15) is 6.61 Å². The van der Waals surface area contributed by atoms with E-state index in [1.54, 1.807) is 35.4 Å². The van der Waals surface area contributed by atoms with Crippen LogP contribution in [0.25, 0.3) is 0 Å². The Morgan fingerprint density at radius 1 is 1.39 bits per heavy atom. The smallest absolute Gasteiger partial charge is 0.370 e. The molecule has 1 fully saturated rings. The van der Waals surface area contributed by atoms with Crippen molar-refractivity contribution in [2.45, 2.75) is 25.1 Å². The minimum atomic E-state index is -4.27. The lowest BCUT2D eigenvalue weighted by Gasteiger charge is -2.33. The minimum Gasteiger partial charge on any atom is -0.370 e. The highest BCUT2D eigenvalue weighted by molar-refractivity contribution is 6.30. The van der Waals surface area contributed by atoms with Crippen molar-refractivity contribution in [2.24, 2.45) is 10.1 Å². The molecule has 1 saturated heterocycles. The second-order valence-electron chi connectivity index (χ2n) is 6.89. The SMILES string of the molecule is N#CNC(=NCCCC(F)(F)F)N1CC(N2CCOCC2=O)C(c2ccc(Cl)cc2)=N1. The number of morpholine rings is 1. The summed E-state index contributed by atoms with van der Waals surface area (Å²) in [7, 11) is 0. The third-order valence-corrected chi connectivity index (χ3v) is 4.97. The zero-order valence-electron chi connectivity index (χ0n) is 16.4. The average Bonchev–Trinajstić information content (AvgIpc) is 3.15. The largest absolute Gasteiger partial charge is 0.389 e. The predicted octanol–water partition coefficient (Wildman–Crippen LogP) is 2.36.